The maximum atomic E-state index is 10.3. The minimum absolute atomic E-state index is 0. The van der Waals surface area contributed by atoms with Gasteiger partial charge < -0.3 is 17.6 Å². The Balaban J connectivity index is 0. The number of aryl methyl sites for hydroxylation is 1. The van der Waals surface area contributed by atoms with Gasteiger partial charge in [0.2, 0.25) is 0 Å². The first-order chi connectivity index (χ1) is 15.1. The zero-order chi connectivity index (χ0) is 25.6. The van der Waals surface area contributed by atoms with Crippen LogP contribution < -0.4 is 0 Å². The van der Waals surface area contributed by atoms with Crippen molar-refractivity contribution < 1.29 is 36.4 Å². The molecule has 0 radical (unpaired) electrons. The van der Waals surface area contributed by atoms with Crippen LogP contribution in [0.25, 0.3) is 0 Å². The monoisotopic (exact) mass is 557 g/mol. The normalized spacial score (nSPS) is 11.8. The Morgan fingerprint density at radius 3 is 1.80 bits per heavy atom. The van der Waals surface area contributed by atoms with E-state index >= 15 is 0 Å². The summed E-state index contributed by atoms with van der Waals surface area (Å²) < 4.78 is 0. The van der Waals surface area contributed by atoms with Gasteiger partial charge in [-0.1, -0.05) is 67.5 Å². The van der Waals surface area contributed by atoms with Crippen molar-refractivity contribution in [3.63, 3.8) is 0 Å². The Labute approximate surface area is 234 Å². The Morgan fingerprint density at radius 2 is 1.40 bits per heavy atom. The first-order valence-corrected chi connectivity index (χ1v) is 11.7. The molecule has 2 aromatic carbocycles. The predicted octanol–water partition coefficient (Wildman–Crippen LogP) is 7.43. The largest absolute Gasteiger partial charge is 0.507 e. The molecule has 0 fully saturated rings. The van der Waals surface area contributed by atoms with E-state index in [4.69, 9.17) is 0 Å². The Hall–Kier alpha value is -1.74. The van der Waals surface area contributed by atoms with Crippen molar-refractivity contribution in [2.75, 3.05) is 14.1 Å². The Bertz CT molecular complexity index is 972. The number of benzene rings is 2. The maximum Gasteiger partial charge on any atom is 0.128 e. The second kappa shape index (κ2) is 14.7. The van der Waals surface area contributed by atoms with E-state index in [0.717, 1.165) is 34.2 Å². The minimum Gasteiger partial charge on any atom is -0.507 e. The minimum atomic E-state index is -0.0621. The van der Waals surface area contributed by atoms with Crippen LogP contribution >= 0.6 is 0 Å². The second-order valence-corrected chi connectivity index (χ2v) is 11.2. The average molecular weight is 559 g/mol. The van der Waals surface area contributed by atoms with E-state index in [1.54, 1.807) is 26.5 Å². The van der Waals surface area contributed by atoms with Crippen LogP contribution in [0.15, 0.2) is 34.3 Å². The molecule has 35 heavy (non-hydrogen) atoms. The van der Waals surface area contributed by atoms with Crippen LogP contribution in [0.4, 0.5) is 0 Å². The summed E-state index contributed by atoms with van der Waals surface area (Å²) in [6.07, 6.45) is 4.44. The topological polar surface area (TPSA) is 65.2 Å². The van der Waals surface area contributed by atoms with E-state index in [0.29, 0.717) is 17.4 Å². The van der Waals surface area contributed by atoms with Crippen molar-refractivity contribution in [1.29, 1.82) is 0 Å². The van der Waals surface area contributed by atoms with Gasteiger partial charge in [0.15, 0.2) is 0 Å². The van der Waals surface area contributed by atoms with E-state index in [2.05, 4.69) is 77.5 Å². The maximum absolute atomic E-state index is 10.3. The molecule has 194 valence electrons. The third-order valence-corrected chi connectivity index (χ3v) is 5.41. The van der Waals surface area contributed by atoms with Gasteiger partial charge in [0.05, 0.1) is 0 Å². The molecule has 0 bridgehead atoms. The van der Waals surface area contributed by atoms with Crippen molar-refractivity contribution in [1.82, 2.24) is 0 Å². The van der Waals surface area contributed by atoms with Crippen LogP contribution in [0.1, 0.15) is 88.8 Å². The van der Waals surface area contributed by atoms with Crippen molar-refractivity contribution >= 4 is 12.4 Å². The molecule has 0 heterocycles. The average Bonchev–Trinajstić information content (AvgIpc) is 2.65. The van der Waals surface area contributed by atoms with Crippen LogP contribution in [-0.4, -0.2) is 36.7 Å². The summed E-state index contributed by atoms with van der Waals surface area (Å²) in [6.45, 7) is 19.2. The van der Waals surface area contributed by atoms with Crippen molar-refractivity contribution in [3.05, 3.63) is 65.1 Å². The summed E-state index contributed by atoms with van der Waals surface area (Å²) in [7, 11) is 3.43. The molecule has 0 aliphatic rings. The quantitative estimate of drug-likeness (QED) is 0.303. The summed E-state index contributed by atoms with van der Waals surface area (Å²) >= 11 is 0. The molecule has 2 N–H and O–H groups in total. The van der Waals surface area contributed by atoms with Crippen molar-refractivity contribution in [2.45, 2.75) is 79.6 Å². The molecule has 2 rings (SSSR count). The van der Waals surface area contributed by atoms with E-state index in [-0.39, 0.29) is 44.5 Å². The Kier molecular flexibility index (Phi) is 14.9. The fourth-order valence-electron chi connectivity index (χ4n) is 3.63. The number of aliphatic imine (C=N–C) groups is 2. The van der Waals surface area contributed by atoms with E-state index < -0.39 is 0 Å². The number of hydrogen-bond acceptors (Lipinski definition) is 4. The van der Waals surface area contributed by atoms with Crippen LogP contribution in [0.3, 0.4) is 0 Å². The van der Waals surface area contributed by atoms with Gasteiger partial charge >= 0.3 is 0 Å². The zero-order valence-electron chi connectivity index (χ0n) is 24.0. The summed E-state index contributed by atoms with van der Waals surface area (Å²) in [5.74, 6) is 1.28. The molecule has 0 atom stereocenters. The van der Waals surface area contributed by atoms with Crippen LogP contribution in [-0.2, 0) is 43.5 Å². The van der Waals surface area contributed by atoms with Gasteiger partial charge in [0.25, 0.3) is 0 Å². The SMILES string of the molecule is CN=Cc1c(C)cc(C(C)(C)C)cc1O.CN=Cc1cc(CC(C)C)cc(C(C)(C)C)c1O.[CH3-].[Zr]. The molecular formula is C30H47N2O2Zr-. The Morgan fingerprint density at radius 1 is 0.857 bits per heavy atom. The molecule has 0 amide bonds. The zero-order valence-corrected chi connectivity index (χ0v) is 26.5. The molecule has 2 aromatic rings. The number of phenolic OH excluding ortho intramolecular Hbond substituents is 2. The van der Waals surface area contributed by atoms with Crippen LogP contribution in [0, 0.1) is 20.3 Å². The summed E-state index contributed by atoms with van der Waals surface area (Å²) in [4.78, 5) is 7.96. The summed E-state index contributed by atoms with van der Waals surface area (Å²) in [5, 5.41) is 20.2. The fraction of sp³-hybridized carbons (Fsp3) is 0.500. The van der Waals surface area contributed by atoms with Crippen LogP contribution in [0.2, 0.25) is 0 Å². The fourth-order valence-corrected chi connectivity index (χ4v) is 3.63. The second-order valence-electron chi connectivity index (χ2n) is 11.2. The first kappa shape index (κ1) is 35.4. The standard InChI is InChI=1S/C16H25NO.C13H19NO.CH3.Zr/c1-11(2)7-12-8-13(10-17-6)15(18)14(9-12)16(3,4)5;1-9-6-10(13(2,3)4)7-12(15)11(9)8-14-5;;/h8-11,18H,7H2,1-6H3;6-8,15H,1-5H3;1H3;/q;;-1;. The number of hydrogen-bond donors (Lipinski definition) is 2. The van der Waals surface area contributed by atoms with Crippen molar-refractivity contribution in [3.8, 4) is 11.5 Å². The molecule has 0 saturated heterocycles. The number of nitrogens with zero attached hydrogens (tertiary/aromatic N) is 2. The van der Waals surface area contributed by atoms with Gasteiger partial charge in [0.1, 0.15) is 11.5 Å². The van der Waals surface area contributed by atoms with Gasteiger partial charge in [-0.2, -0.15) is 0 Å². The van der Waals surface area contributed by atoms with Gasteiger partial charge in [-0.05, 0) is 58.9 Å². The smallest absolute Gasteiger partial charge is 0.128 e. The molecule has 0 aromatic heterocycles. The number of phenols is 2. The molecular weight excluding hydrogens is 512 g/mol. The van der Waals surface area contributed by atoms with Gasteiger partial charge in [-0.15, -0.1) is 0 Å². The summed E-state index contributed by atoms with van der Waals surface area (Å²) in [5.41, 5.74) is 6.10. The van der Waals surface area contributed by atoms with Gasteiger partial charge in [-0.3, -0.25) is 9.98 Å². The number of aromatic hydroxyl groups is 2. The molecule has 0 saturated carbocycles. The molecule has 0 spiro atoms. The molecule has 0 aliphatic heterocycles. The third kappa shape index (κ3) is 10.8. The third-order valence-electron chi connectivity index (χ3n) is 5.41. The van der Waals surface area contributed by atoms with Crippen molar-refractivity contribution in [2.24, 2.45) is 15.9 Å². The molecule has 4 nitrogen and oxygen atoms in total. The van der Waals surface area contributed by atoms with Gasteiger partial charge in [0, 0.05) is 69.4 Å². The first-order valence-electron chi connectivity index (χ1n) is 11.7. The van der Waals surface area contributed by atoms with E-state index in [1.807, 2.05) is 19.1 Å². The molecule has 0 unspecified atom stereocenters. The van der Waals surface area contributed by atoms with E-state index in [9.17, 15) is 10.2 Å². The van der Waals surface area contributed by atoms with Gasteiger partial charge in [-0.25, -0.2) is 0 Å². The summed E-state index contributed by atoms with van der Waals surface area (Å²) in [6, 6.07) is 8.10. The molecule has 0 aliphatic carbocycles. The van der Waals surface area contributed by atoms with Crippen LogP contribution in [0.5, 0.6) is 11.5 Å². The predicted molar refractivity (Wildman–Crippen MR) is 150 cm³/mol. The molecule has 5 heteroatoms. The number of rotatable bonds is 4. The van der Waals surface area contributed by atoms with E-state index in [1.165, 1.54) is 5.56 Å².